The quantitative estimate of drug-likeness (QED) is 0.376. The number of rotatable bonds is 7. The van der Waals surface area contributed by atoms with Crippen molar-refractivity contribution in [2.75, 3.05) is 23.7 Å². The summed E-state index contributed by atoms with van der Waals surface area (Å²) in [4.78, 5) is 12.2. The van der Waals surface area contributed by atoms with Gasteiger partial charge in [0, 0.05) is 26.7 Å². The van der Waals surface area contributed by atoms with E-state index in [1.807, 2.05) is 12.1 Å². The highest BCUT2D eigenvalue weighted by Gasteiger charge is 2.25. The average molecular weight is 515 g/mol. The third-order valence-electron chi connectivity index (χ3n) is 6.07. The van der Waals surface area contributed by atoms with E-state index in [4.69, 9.17) is 9.97 Å². The van der Waals surface area contributed by atoms with Crippen LogP contribution in [-0.4, -0.2) is 40.0 Å². The maximum Gasteiger partial charge on any atom is 0.225 e. The topological polar surface area (TPSA) is 53.1 Å². The Bertz CT molecular complexity index is 963. The van der Waals surface area contributed by atoms with Crippen molar-refractivity contribution in [1.29, 1.82) is 0 Å². The summed E-state index contributed by atoms with van der Waals surface area (Å²) in [6.45, 7) is 6.80. The lowest BCUT2D eigenvalue weighted by Crippen LogP contribution is -2.40. The van der Waals surface area contributed by atoms with E-state index in [1.165, 1.54) is 16.4 Å². The lowest BCUT2D eigenvalue weighted by molar-refractivity contribution is 0.167. The molecule has 0 unspecified atom stereocenters. The van der Waals surface area contributed by atoms with E-state index in [9.17, 15) is 0 Å². The molecule has 1 aliphatic rings. The Labute approximate surface area is 192 Å². The fourth-order valence-electron chi connectivity index (χ4n) is 4.41. The molecule has 0 atom stereocenters. The first-order chi connectivity index (χ1) is 14.7. The third-order valence-corrected chi connectivity index (χ3v) is 6.79. The lowest BCUT2D eigenvalue weighted by atomic mass is 9.90. The van der Waals surface area contributed by atoms with Crippen LogP contribution in [0.25, 0.3) is 10.9 Å². The Hall–Kier alpha value is -1.93. The molecule has 1 saturated carbocycles. The van der Waals surface area contributed by atoms with E-state index in [0.717, 1.165) is 48.3 Å². The lowest BCUT2D eigenvalue weighted by Gasteiger charge is -2.36. The second kappa shape index (κ2) is 9.92. The van der Waals surface area contributed by atoms with Crippen LogP contribution in [0.4, 0.5) is 17.5 Å². The van der Waals surface area contributed by atoms with E-state index in [0.29, 0.717) is 18.0 Å². The van der Waals surface area contributed by atoms with Gasteiger partial charge in [-0.15, -0.1) is 0 Å². The maximum absolute atomic E-state index is 4.85. The minimum Gasteiger partial charge on any atom is -0.351 e. The van der Waals surface area contributed by atoms with Crippen molar-refractivity contribution in [3.8, 4) is 0 Å². The zero-order valence-electron chi connectivity index (χ0n) is 17.7. The summed E-state index contributed by atoms with van der Waals surface area (Å²) in [5.74, 6) is 1.56. The molecule has 0 amide bonds. The Kier molecular flexibility index (Phi) is 7.04. The largest absolute Gasteiger partial charge is 0.351 e. The van der Waals surface area contributed by atoms with Crippen LogP contribution >= 0.6 is 22.6 Å². The average Bonchev–Trinajstić information content (AvgIpc) is 2.77. The van der Waals surface area contributed by atoms with Crippen molar-refractivity contribution in [2.24, 2.45) is 0 Å². The summed E-state index contributed by atoms with van der Waals surface area (Å²) >= 11 is 2.32. The van der Waals surface area contributed by atoms with Gasteiger partial charge >= 0.3 is 0 Å². The molecule has 5 nitrogen and oxygen atoms in total. The first kappa shape index (κ1) is 21.3. The maximum atomic E-state index is 4.85. The molecule has 2 N–H and O–H groups in total. The zero-order valence-corrected chi connectivity index (χ0v) is 19.9. The number of nitrogens with one attached hydrogen (secondary N) is 2. The smallest absolute Gasteiger partial charge is 0.225 e. The monoisotopic (exact) mass is 515 g/mol. The molecule has 1 fully saturated rings. The van der Waals surface area contributed by atoms with Crippen LogP contribution in [0.3, 0.4) is 0 Å². The molecule has 1 aromatic heterocycles. The van der Waals surface area contributed by atoms with Gasteiger partial charge in [-0.25, -0.2) is 4.98 Å². The van der Waals surface area contributed by atoms with Gasteiger partial charge < -0.3 is 15.5 Å². The molecule has 0 radical (unpaired) electrons. The molecule has 2 aromatic carbocycles. The molecule has 1 heterocycles. The summed E-state index contributed by atoms with van der Waals surface area (Å²) in [5, 5.41) is 8.14. The van der Waals surface area contributed by atoms with Gasteiger partial charge in [-0.1, -0.05) is 26.0 Å². The van der Waals surface area contributed by atoms with E-state index >= 15 is 0 Å². The molecule has 158 valence electrons. The Morgan fingerprint density at radius 1 is 0.933 bits per heavy atom. The van der Waals surface area contributed by atoms with E-state index in [2.05, 4.69) is 88.4 Å². The number of benzene rings is 2. The molecule has 3 aromatic rings. The molecular weight excluding hydrogens is 485 g/mol. The minimum absolute atomic E-state index is 0.434. The number of para-hydroxylation sites is 1. The van der Waals surface area contributed by atoms with Crippen molar-refractivity contribution >= 4 is 50.9 Å². The second-order valence-corrected chi connectivity index (χ2v) is 9.16. The number of halogens is 1. The van der Waals surface area contributed by atoms with E-state index < -0.39 is 0 Å². The van der Waals surface area contributed by atoms with Gasteiger partial charge in [-0.3, -0.25) is 0 Å². The molecule has 1 aliphatic carbocycles. The molecule has 0 spiro atoms. The van der Waals surface area contributed by atoms with Crippen molar-refractivity contribution < 1.29 is 0 Å². The number of nitrogens with zero attached hydrogens (tertiary/aromatic N) is 3. The number of fused-ring (bicyclic) bond motifs is 1. The number of aromatic nitrogens is 2. The van der Waals surface area contributed by atoms with Crippen LogP contribution < -0.4 is 10.6 Å². The van der Waals surface area contributed by atoms with Crippen molar-refractivity contribution in [3.63, 3.8) is 0 Å². The summed E-state index contributed by atoms with van der Waals surface area (Å²) in [6.07, 6.45) is 4.80. The fraction of sp³-hybridized carbons (Fsp3) is 0.417. The number of hydrogen-bond acceptors (Lipinski definition) is 5. The number of hydrogen-bond donors (Lipinski definition) is 2. The molecule has 6 heteroatoms. The van der Waals surface area contributed by atoms with Gasteiger partial charge in [0.2, 0.25) is 5.95 Å². The van der Waals surface area contributed by atoms with Crippen molar-refractivity contribution in [3.05, 3.63) is 52.1 Å². The van der Waals surface area contributed by atoms with Crippen LogP contribution in [-0.2, 0) is 0 Å². The van der Waals surface area contributed by atoms with Crippen LogP contribution in [0.1, 0.15) is 39.5 Å². The van der Waals surface area contributed by atoms with Crippen molar-refractivity contribution in [1.82, 2.24) is 14.9 Å². The van der Waals surface area contributed by atoms with Crippen molar-refractivity contribution in [2.45, 2.75) is 51.6 Å². The van der Waals surface area contributed by atoms with Crippen LogP contribution in [0.5, 0.6) is 0 Å². The van der Waals surface area contributed by atoms with E-state index in [-0.39, 0.29) is 0 Å². The van der Waals surface area contributed by atoms with Gasteiger partial charge in [0.05, 0.1) is 5.52 Å². The normalized spacial score (nSPS) is 19.2. The van der Waals surface area contributed by atoms with E-state index in [1.54, 1.807) is 0 Å². The molecule has 0 saturated heterocycles. The molecule has 0 bridgehead atoms. The highest BCUT2D eigenvalue weighted by molar-refractivity contribution is 14.1. The van der Waals surface area contributed by atoms with Gasteiger partial charge in [0.15, 0.2) is 0 Å². The molecule has 0 aliphatic heterocycles. The molecule has 30 heavy (non-hydrogen) atoms. The van der Waals surface area contributed by atoms with Crippen LogP contribution in [0.15, 0.2) is 48.5 Å². The summed E-state index contributed by atoms with van der Waals surface area (Å²) in [6, 6.07) is 17.7. The van der Waals surface area contributed by atoms with Gasteiger partial charge in [0.25, 0.3) is 0 Å². The summed E-state index contributed by atoms with van der Waals surface area (Å²) in [5.41, 5.74) is 1.99. The Morgan fingerprint density at radius 3 is 2.33 bits per heavy atom. The summed E-state index contributed by atoms with van der Waals surface area (Å²) < 4.78 is 1.22. The predicted molar refractivity (Wildman–Crippen MR) is 135 cm³/mol. The first-order valence-corrected chi connectivity index (χ1v) is 12.0. The highest BCUT2D eigenvalue weighted by atomic mass is 127. The van der Waals surface area contributed by atoms with Crippen LogP contribution in [0, 0.1) is 3.57 Å². The van der Waals surface area contributed by atoms with Gasteiger partial charge in [-0.2, -0.15) is 4.98 Å². The fourth-order valence-corrected chi connectivity index (χ4v) is 4.77. The zero-order chi connectivity index (χ0) is 20.9. The predicted octanol–water partition coefficient (Wildman–Crippen LogP) is 6.04. The standard InChI is InChI=1S/C24H30IN5/c1-3-30(4-2)20-15-13-19(14-16-20)27-24-28-22-8-6-5-7-21(22)23(29-24)26-18-11-9-17(25)10-12-18/h5-12,19-20H,3-4,13-16H2,1-2H3,(H2,26,27,28,29). The Morgan fingerprint density at radius 2 is 1.63 bits per heavy atom. The Balaban J connectivity index is 1.51. The summed E-state index contributed by atoms with van der Waals surface area (Å²) in [7, 11) is 0. The second-order valence-electron chi connectivity index (χ2n) is 7.92. The first-order valence-electron chi connectivity index (χ1n) is 11.0. The molecular formula is C24H30IN5. The van der Waals surface area contributed by atoms with Gasteiger partial charge in [0.1, 0.15) is 5.82 Å². The SMILES string of the molecule is CCN(CC)C1CCC(Nc2nc(Nc3ccc(I)cc3)c3ccccc3n2)CC1. The highest BCUT2D eigenvalue weighted by Crippen LogP contribution is 2.28. The third kappa shape index (κ3) is 5.03. The van der Waals surface area contributed by atoms with Crippen LogP contribution in [0.2, 0.25) is 0 Å². The van der Waals surface area contributed by atoms with Gasteiger partial charge in [-0.05, 0) is 97.8 Å². The molecule has 4 rings (SSSR count). The number of anilines is 3. The minimum atomic E-state index is 0.434.